The van der Waals surface area contributed by atoms with Crippen molar-refractivity contribution < 1.29 is 13.9 Å². The lowest BCUT2D eigenvalue weighted by Gasteiger charge is -2.31. The molecular formula is C18H21FN2O2. The fourth-order valence-corrected chi connectivity index (χ4v) is 2.96. The largest absolute Gasteiger partial charge is 0.493 e. The van der Waals surface area contributed by atoms with Gasteiger partial charge in [0.2, 0.25) is 0 Å². The molecule has 2 atom stereocenters. The Morgan fingerprint density at radius 2 is 2.17 bits per heavy atom. The fourth-order valence-electron chi connectivity index (χ4n) is 2.96. The van der Waals surface area contributed by atoms with Gasteiger partial charge in [0, 0.05) is 24.7 Å². The standard InChI is InChI=1S/C18H21FN2O2/c1-22-16-8-7-14(19)11-17(16)23-18(13-5-4-9-20-12-13)15-6-2-3-10-21-15/h2-3,6-8,10-11,13,18,20H,4-5,9,12H2,1H3/t13-,18?/m0/s1. The molecule has 4 nitrogen and oxygen atoms in total. The monoisotopic (exact) mass is 316 g/mol. The van der Waals surface area contributed by atoms with Crippen LogP contribution in [0.1, 0.15) is 24.6 Å². The van der Waals surface area contributed by atoms with Crippen molar-refractivity contribution in [2.45, 2.75) is 18.9 Å². The van der Waals surface area contributed by atoms with E-state index in [9.17, 15) is 4.39 Å². The van der Waals surface area contributed by atoms with Crippen molar-refractivity contribution in [1.82, 2.24) is 10.3 Å². The summed E-state index contributed by atoms with van der Waals surface area (Å²) in [5.41, 5.74) is 0.854. The van der Waals surface area contributed by atoms with Gasteiger partial charge in [-0.05, 0) is 43.7 Å². The SMILES string of the molecule is COc1ccc(F)cc1OC(c1ccccn1)[C@H]1CCCNC1. The number of hydrogen-bond acceptors (Lipinski definition) is 4. The third kappa shape index (κ3) is 3.79. The summed E-state index contributed by atoms with van der Waals surface area (Å²) in [5, 5.41) is 3.40. The maximum absolute atomic E-state index is 13.6. The summed E-state index contributed by atoms with van der Waals surface area (Å²) in [6.07, 6.45) is 3.66. The smallest absolute Gasteiger partial charge is 0.165 e. The summed E-state index contributed by atoms with van der Waals surface area (Å²) >= 11 is 0. The van der Waals surface area contributed by atoms with Crippen molar-refractivity contribution >= 4 is 0 Å². The molecule has 0 bridgehead atoms. The molecule has 1 aromatic carbocycles. The molecule has 1 unspecified atom stereocenters. The Hall–Kier alpha value is -2.14. The Bertz CT molecular complexity index is 630. The predicted octanol–water partition coefficient (Wildman–Crippen LogP) is 3.35. The average molecular weight is 316 g/mol. The number of rotatable bonds is 5. The van der Waals surface area contributed by atoms with E-state index in [0.29, 0.717) is 11.5 Å². The molecule has 2 heterocycles. The van der Waals surface area contributed by atoms with Crippen LogP contribution < -0.4 is 14.8 Å². The summed E-state index contributed by atoms with van der Waals surface area (Å²) in [4.78, 5) is 4.44. The van der Waals surface area contributed by atoms with Crippen molar-refractivity contribution in [1.29, 1.82) is 0 Å². The van der Waals surface area contributed by atoms with E-state index < -0.39 is 0 Å². The molecule has 1 aliphatic heterocycles. The zero-order chi connectivity index (χ0) is 16.1. The molecule has 23 heavy (non-hydrogen) atoms. The van der Waals surface area contributed by atoms with Gasteiger partial charge in [-0.15, -0.1) is 0 Å². The third-order valence-electron chi connectivity index (χ3n) is 4.12. The van der Waals surface area contributed by atoms with Gasteiger partial charge in [-0.3, -0.25) is 4.98 Å². The number of ether oxygens (including phenoxy) is 2. The Morgan fingerprint density at radius 3 is 2.87 bits per heavy atom. The van der Waals surface area contributed by atoms with Crippen LogP contribution in [0, 0.1) is 11.7 Å². The van der Waals surface area contributed by atoms with E-state index in [1.165, 1.54) is 12.1 Å². The highest BCUT2D eigenvalue weighted by Crippen LogP contribution is 2.36. The number of aromatic nitrogens is 1. The lowest BCUT2D eigenvalue weighted by Crippen LogP contribution is -2.35. The molecule has 0 saturated carbocycles. The molecule has 5 heteroatoms. The lowest BCUT2D eigenvalue weighted by molar-refractivity contribution is 0.108. The molecule has 1 aliphatic rings. The summed E-state index contributed by atoms with van der Waals surface area (Å²) in [5.74, 6) is 0.874. The normalized spacial score (nSPS) is 19.1. The van der Waals surface area contributed by atoms with Crippen molar-refractivity contribution in [3.05, 3.63) is 54.1 Å². The van der Waals surface area contributed by atoms with Crippen LogP contribution in [0.4, 0.5) is 4.39 Å². The van der Waals surface area contributed by atoms with Gasteiger partial charge in [0.1, 0.15) is 11.9 Å². The van der Waals surface area contributed by atoms with Gasteiger partial charge in [-0.2, -0.15) is 0 Å². The lowest BCUT2D eigenvalue weighted by atomic mass is 9.91. The van der Waals surface area contributed by atoms with Crippen LogP contribution in [0.15, 0.2) is 42.6 Å². The van der Waals surface area contributed by atoms with Crippen LogP contribution in [0.25, 0.3) is 0 Å². The first-order valence-corrected chi connectivity index (χ1v) is 7.90. The number of pyridine rings is 1. The maximum atomic E-state index is 13.6. The second kappa shape index (κ2) is 7.42. The predicted molar refractivity (Wildman–Crippen MR) is 86.2 cm³/mol. The van der Waals surface area contributed by atoms with E-state index in [1.807, 2.05) is 18.2 Å². The topological polar surface area (TPSA) is 43.4 Å². The van der Waals surface area contributed by atoms with Gasteiger partial charge >= 0.3 is 0 Å². The average Bonchev–Trinajstić information content (AvgIpc) is 2.61. The first-order chi connectivity index (χ1) is 11.3. The Labute approximate surface area is 135 Å². The van der Waals surface area contributed by atoms with E-state index in [4.69, 9.17) is 9.47 Å². The third-order valence-corrected chi connectivity index (χ3v) is 4.12. The van der Waals surface area contributed by atoms with Gasteiger partial charge < -0.3 is 14.8 Å². The second-order valence-electron chi connectivity index (χ2n) is 5.69. The van der Waals surface area contributed by atoms with Crippen molar-refractivity contribution in [2.24, 2.45) is 5.92 Å². The number of hydrogen-bond donors (Lipinski definition) is 1. The van der Waals surface area contributed by atoms with E-state index >= 15 is 0 Å². The Morgan fingerprint density at radius 1 is 1.26 bits per heavy atom. The first kappa shape index (κ1) is 15.7. The molecule has 1 fully saturated rings. The highest BCUT2D eigenvalue weighted by Gasteiger charge is 2.28. The Balaban J connectivity index is 1.91. The van der Waals surface area contributed by atoms with Gasteiger partial charge in [0.25, 0.3) is 0 Å². The summed E-state index contributed by atoms with van der Waals surface area (Å²) in [6.45, 7) is 1.88. The minimum atomic E-state index is -0.345. The van der Waals surface area contributed by atoms with E-state index in [2.05, 4.69) is 10.3 Å². The van der Waals surface area contributed by atoms with Gasteiger partial charge in [0.05, 0.1) is 12.8 Å². The molecule has 122 valence electrons. The minimum Gasteiger partial charge on any atom is -0.493 e. The Kier molecular flexibility index (Phi) is 5.08. The molecule has 1 aromatic heterocycles. The van der Waals surface area contributed by atoms with Crippen LogP contribution in [0.3, 0.4) is 0 Å². The molecule has 0 aliphatic carbocycles. The zero-order valence-corrected chi connectivity index (χ0v) is 13.2. The van der Waals surface area contributed by atoms with Gasteiger partial charge in [0.15, 0.2) is 11.5 Å². The van der Waals surface area contributed by atoms with E-state index in [-0.39, 0.29) is 17.8 Å². The molecule has 1 saturated heterocycles. The summed E-state index contributed by atoms with van der Waals surface area (Å²) in [6, 6.07) is 10.1. The number of halogens is 1. The van der Waals surface area contributed by atoms with Crippen LogP contribution in [0.5, 0.6) is 11.5 Å². The quantitative estimate of drug-likeness (QED) is 0.919. The van der Waals surface area contributed by atoms with Crippen molar-refractivity contribution in [3.8, 4) is 11.5 Å². The second-order valence-corrected chi connectivity index (χ2v) is 5.69. The highest BCUT2D eigenvalue weighted by atomic mass is 19.1. The molecular weight excluding hydrogens is 295 g/mol. The number of piperidine rings is 1. The number of nitrogens with zero attached hydrogens (tertiary/aromatic N) is 1. The van der Waals surface area contributed by atoms with Crippen LogP contribution >= 0.6 is 0 Å². The molecule has 0 radical (unpaired) electrons. The molecule has 2 aromatic rings. The number of benzene rings is 1. The van der Waals surface area contributed by atoms with Crippen LogP contribution in [-0.4, -0.2) is 25.2 Å². The van der Waals surface area contributed by atoms with Crippen molar-refractivity contribution in [3.63, 3.8) is 0 Å². The molecule has 3 rings (SSSR count). The highest BCUT2D eigenvalue weighted by molar-refractivity contribution is 5.40. The first-order valence-electron chi connectivity index (χ1n) is 7.90. The van der Waals surface area contributed by atoms with Gasteiger partial charge in [-0.25, -0.2) is 4.39 Å². The van der Waals surface area contributed by atoms with Crippen LogP contribution in [0.2, 0.25) is 0 Å². The molecule has 1 N–H and O–H groups in total. The molecule has 0 amide bonds. The van der Waals surface area contributed by atoms with Crippen LogP contribution in [-0.2, 0) is 0 Å². The minimum absolute atomic E-state index is 0.236. The summed E-state index contributed by atoms with van der Waals surface area (Å²) < 4.78 is 25.1. The summed E-state index contributed by atoms with van der Waals surface area (Å²) in [7, 11) is 1.55. The number of nitrogens with one attached hydrogen (secondary N) is 1. The molecule has 0 spiro atoms. The maximum Gasteiger partial charge on any atom is 0.165 e. The fraction of sp³-hybridized carbons (Fsp3) is 0.389. The van der Waals surface area contributed by atoms with Gasteiger partial charge in [-0.1, -0.05) is 6.07 Å². The van der Waals surface area contributed by atoms with E-state index in [1.54, 1.807) is 19.4 Å². The zero-order valence-electron chi connectivity index (χ0n) is 13.2. The van der Waals surface area contributed by atoms with Crippen molar-refractivity contribution in [2.75, 3.05) is 20.2 Å². The number of methoxy groups -OCH3 is 1. The van der Waals surface area contributed by atoms with E-state index in [0.717, 1.165) is 31.6 Å².